The Bertz CT molecular complexity index is 838. The van der Waals surface area contributed by atoms with Crippen LogP contribution in [0.1, 0.15) is 0 Å². The minimum Gasteiger partial charge on any atom is -0.345 e. The molecule has 0 amide bonds. The molecule has 19 heavy (non-hydrogen) atoms. The van der Waals surface area contributed by atoms with Gasteiger partial charge < -0.3 is 4.98 Å². The molecular weight excluding hydrogens is 326 g/mol. The van der Waals surface area contributed by atoms with Crippen molar-refractivity contribution in [2.24, 2.45) is 0 Å². The third kappa shape index (κ3) is 2.19. The van der Waals surface area contributed by atoms with Crippen LogP contribution < -0.4 is 0 Å². The van der Waals surface area contributed by atoms with Crippen molar-refractivity contribution in [2.45, 2.75) is 9.92 Å². The van der Waals surface area contributed by atoms with E-state index in [2.05, 4.69) is 20.9 Å². The van der Waals surface area contributed by atoms with Crippen LogP contribution in [0.5, 0.6) is 0 Å². The van der Waals surface area contributed by atoms with Gasteiger partial charge in [0.2, 0.25) is 9.84 Å². The van der Waals surface area contributed by atoms with E-state index >= 15 is 0 Å². The van der Waals surface area contributed by atoms with Gasteiger partial charge in [0.1, 0.15) is 5.03 Å². The van der Waals surface area contributed by atoms with Crippen molar-refractivity contribution in [2.75, 3.05) is 0 Å². The molecule has 0 saturated heterocycles. The van der Waals surface area contributed by atoms with E-state index in [9.17, 15) is 8.42 Å². The fourth-order valence-electron chi connectivity index (χ4n) is 1.95. The average Bonchev–Trinajstić information content (AvgIpc) is 2.83. The van der Waals surface area contributed by atoms with Gasteiger partial charge in [-0.1, -0.05) is 34.1 Å². The van der Waals surface area contributed by atoms with Crippen LogP contribution in [-0.2, 0) is 9.84 Å². The summed E-state index contributed by atoms with van der Waals surface area (Å²) in [4.78, 5) is 3.24. The van der Waals surface area contributed by atoms with Gasteiger partial charge in [0.05, 0.1) is 4.90 Å². The van der Waals surface area contributed by atoms with E-state index in [1.165, 1.54) is 0 Å². The Balaban J connectivity index is 2.19. The smallest absolute Gasteiger partial charge is 0.221 e. The van der Waals surface area contributed by atoms with Gasteiger partial charge >= 0.3 is 0 Å². The molecule has 96 valence electrons. The summed E-state index contributed by atoms with van der Waals surface area (Å²) in [5.41, 5.74) is 0.803. The zero-order valence-corrected chi connectivity index (χ0v) is 12.2. The molecule has 0 spiro atoms. The summed E-state index contributed by atoms with van der Waals surface area (Å²) in [7, 11) is -3.48. The van der Waals surface area contributed by atoms with E-state index in [-0.39, 0.29) is 5.03 Å². The molecule has 1 heterocycles. The van der Waals surface area contributed by atoms with Gasteiger partial charge in [0, 0.05) is 15.4 Å². The molecule has 3 rings (SSSR count). The van der Waals surface area contributed by atoms with Crippen molar-refractivity contribution in [1.82, 2.24) is 4.98 Å². The van der Waals surface area contributed by atoms with Gasteiger partial charge in [-0.3, -0.25) is 0 Å². The van der Waals surface area contributed by atoms with Crippen molar-refractivity contribution in [1.29, 1.82) is 0 Å². The Labute approximate surface area is 119 Å². The molecule has 0 unspecified atom stereocenters. The van der Waals surface area contributed by atoms with Crippen molar-refractivity contribution < 1.29 is 8.42 Å². The number of halogens is 1. The molecule has 5 heteroatoms. The van der Waals surface area contributed by atoms with E-state index in [1.54, 1.807) is 36.4 Å². The zero-order valence-electron chi connectivity index (χ0n) is 9.80. The lowest BCUT2D eigenvalue weighted by molar-refractivity contribution is 0.593. The molecule has 1 N–H and O–H groups in total. The summed E-state index contributed by atoms with van der Waals surface area (Å²) in [6.07, 6.45) is 0. The molecule has 3 nitrogen and oxygen atoms in total. The third-order valence-electron chi connectivity index (χ3n) is 2.90. The van der Waals surface area contributed by atoms with Gasteiger partial charge in [-0.25, -0.2) is 8.42 Å². The lowest BCUT2D eigenvalue weighted by Gasteiger charge is -2.00. The molecule has 0 aliphatic heterocycles. The van der Waals surface area contributed by atoms with Crippen molar-refractivity contribution in [3.63, 3.8) is 0 Å². The Hall–Kier alpha value is -1.59. The summed E-state index contributed by atoms with van der Waals surface area (Å²) in [5.74, 6) is 0. The number of fused-ring (bicyclic) bond motifs is 1. The van der Waals surface area contributed by atoms with Gasteiger partial charge in [0.15, 0.2) is 0 Å². The minimum absolute atomic E-state index is 0.215. The topological polar surface area (TPSA) is 49.9 Å². The monoisotopic (exact) mass is 335 g/mol. The molecule has 0 aliphatic rings. The second-order valence-corrected chi connectivity index (χ2v) is 7.02. The van der Waals surface area contributed by atoms with Crippen LogP contribution in [-0.4, -0.2) is 13.4 Å². The first-order chi connectivity index (χ1) is 9.07. The number of sulfone groups is 1. The van der Waals surface area contributed by atoms with Gasteiger partial charge in [-0.05, 0) is 36.4 Å². The van der Waals surface area contributed by atoms with Crippen LogP contribution in [0.3, 0.4) is 0 Å². The van der Waals surface area contributed by atoms with E-state index in [0.29, 0.717) is 4.90 Å². The first-order valence-corrected chi connectivity index (χ1v) is 7.93. The number of hydrogen-bond donors (Lipinski definition) is 1. The molecule has 0 saturated carbocycles. The van der Waals surface area contributed by atoms with E-state index < -0.39 is 9.84 Å². The Morgan fingerprint density at radius 1 is 0.947 bits per heavy atom. The highest BCUT2D eigenvalue weighted by Crippen LogP contribution is 2.26. The highest BCUT2D eigenvalue weighted by atomic mass is 79.9. The van der Waals surface area contributed by atoms with Crippen LogP contribution in [0.15, 0.2) is 69.0 Å². The molecule has 2 aromatic carbocycles. The highest BCUT2D eigenvalue weighted by molar-refractivity contribution is 9.10. The fourth-order valence-corrected chi connectivity index (χ4v) is 3.62. The number of hydrogen-bond acceptors (Lipinski definition) is 2. The summed E-state index contributed by atoms with van der Waals surface area (Å²) in [6, 6.07) is 15.7. The summed E-state index contributed by atoms with van der Waals surface area (Å²) in [6.45, 7) is 0. The minimum atomic E-state index is -3.48. The highest BCUT2D eigenvalue weighted by Gasteiger charge is 2.19. The van der Waals surface area contributed by atoms with E-state index in [0.717, 1.165) is 15.4 Å². The summed E-state index contributed by atoms with van der Waals surface area (Å²) in [5, 5.41) is 1.08. The first kappa shape index (κ1) is 12.4. The second kappa shape index (κ2) is 4.51. The normalized spacial score (nSPS) is 11.8. The number of aromatic amines is 1. The number of H-pyrrole nitrogens is 1. The lowest BCUT2D eigenvalue weighted by atomic mass is 10.3. The maximum absolute atomic E-state index is 12.4. The Kier molecular flexibility index (Phi) is 2.95. The molecule has 0 atom stereocenters. The maximum atomic E-state index is 12.4. The van der Waals surface area contributed by atoms with Crippen LogP contribution in [0.25, 0.3) is 10.9 Å². The predicted octanol–water partition coefficient (Wildman–Crippen LogP) is 3.76. The zero-order chi connectivity index (χ0) is 13.5. The number of rotatable bonds is 2. The Morgan fingerprint density at radius 3 is 2.42 bits per heavy atom. The van der Waals surface area contributed by atoms with Gasteiger partial charge in [-0.15, -0.1) is 0 Å². The standard InChI is InChI=1S/C14H10BrNO2S/c15-11-6-7-13-10(8-11)9-14(16-13)19(17,18)12-4-2-1-3-5-12/h1-9,16H. The van der Waals surface area contributed by atoms with Crippen LogP contribution in [0.4, 0.5) is 0 Å². The van der Waals surface area contributed by atoms with Crippen LogP contribution in [0, 0.1) is 0 Å². The lowest BCUT2D eigenvalue weighted by Crippen LogP contribution is -2.01. The van der Waals surface area contributed by atoms with Gasteiger partial charge in [0.25, 0.3) is 0 Å². The molecule has 0 bridgehead atoms. The molecule has 0 radical (unpaired) electrons. The van der Waals surface area contributed by atoms with Crippen molar-refractivity contribution >= 4 is 36.7 Å². The first-order valence-electron chi connectivity index (χ1n) is 5.66. The SMILES string of the molecule is O=S(=O)(c1ccccc1)c1cc2cc(Br)ccc2[nH]1. The average molecular weight is 336 g/mol. The third-order valence-corrected chi connectivity index (χ3v) is 5.09. The summed E-state index contributed by atoms with van der Waals surface area (Å²) < 4.78 is 25.8. The fraction of sp³-hybridized carbons (Fsp3) is 0. The number of aromatic nitrogens is 1. The molecule has 0 fully saturated rings. The van der Waals surface area contributed by atoms with Crippen molar-refractivity contribution in [3.05, 3.63) is 59.1 Å². The van der Waals surface area contributed by atoms with Crippen LogP contribution >= 0.6 is 15.9 Å². The largest absolute Gasteiger partial charge is 0.345 e. The molecule has 0 aliphatic carbocycles. The second-order valence-electron chi connectivity index (χ2n) is 4.18. The molecule has 3 aromatic rings. The Morgan fingerprint density at radius 2 is 1.68 bits per heavy atom. The van der Waals surface area contributed by atoms with Crippen molar-refractivity contribution in [3.8, 4) is 0 Å². The molecular formula is C14H10BrNO2S. The number of nitrogens with one attached hydrogen (secondary N) is 1. The quantitative estimate of drug-likeness (QED) is 0.775. The van der Waals surface area contributed by atoms with E-state index in [1.807, 2.05) is 18.2 Å². The predicted molar refractivity (Wildman–Crippen MR) is 77.9 cm³/mol. The number of benzene rings is 2. The molecule has 1 aromatic heterocycles. The van der Waals surface area contributed by atoms with Gasteiger partial charge in [-0.2, -0.15) is 0 Å². The summed E-state index contributed by atoms with van der Waals surface area (Å²) >= 11 is 3.37. The van der Waals surface area contributed by atoms with Crippen LogP contribution in [0.2, 0.25) is 0 Å². The maximum Gasteiger partial charge on any atom is 0.221 e. The van der Waals surface area contributed by atoms with E-state index in [4.69, 9.17) is 0 Å².